The average Bonchev–Trinajstić information content (AvgIpc) is 2.31. The molecule has 0 aliphatic heterocycles. The number of rotatable bonds is 2. The van der Waals surface area contributed by atoms with Crippen molar-refractivity contribution in [1.29, 1.82) is 10.5 Å². The van der Waals surface area contributed by atoms with Crippen molar-refractivity contribution < 1.29 is 0 Å². The summed E-state index contributed by atoms with van der Waals surface area (Å²) in [6.07, 6.45) is 6.61. The number of hydrogen-bond donors (Lipinski definition) is 1. The molecule has 0 aliphatic rings. The number of allylic oxidation sites excluding steroid dienone is 1. The van der Waals surface area contributed by atoms with Gasteiger partial charge in [-0.05, 0) is 12.1 Å². The van der Waals surface area contributed by atoms with E-state index in [1.807, 2.05) is 12.1 Å². The van der Waals surface area contributed by atoms with Crippen LogP contribution in [0.5, 0.6) is 0 Å². The van der Waals surface area contributed by atoms with Crippen molar-refractivity contribution in [2.24, 2.45) is 0 Å². The standard InChI is InChI=1S/C12H7N3/c1-2-11-5-3-4-6-12(11)15-9-10(7-13)8-14/h1,3-6,9,15H. The molecule has 0 spiro atoms. The van der Waals surface area contributed by atoms with Crippen molar-refractivity contribution in [2.45, 2.75) is 0 Å². The second kappa shape index (κ2) is 5.12. The van der Waals surface area contributed by atoms with Gasteiger partial charge in [-0.15, -0.1) is 6.42 Å². The van der Waals surface area contributed by atoms with E-state index in [1.165, 1.54) is 6.20 Å². The molecule has 0 bridgehead atoms. The van der Waals surface area contributed by atoms with E-state index in [4.69, 9.17) is 16.9 Å². The highest BCUT2D eigenvalue weighted by Crippen LogP contribution is 2.13. The van der Waals surface area contributed by atoms with E-state index < -0.39 is 0 Å². The molecule has 15 heavy (non-hydrogen) atoms. The lowest BCUT2D eigenvalue weighted by molar-refractivity contribution is 1.44. The van der Waals surface area contributed by atoms with E-state index in [0.717, 1.165) is 0 Å². The molecule has 0 aliphatic carbocycles. The highest BCUT2D eigenvalue weighted by atomic mass is 14.8. The monoisotopic (exact) mass is 193 g/mol. The van der Waals surface area contributed by atoms with Crippen molar-refractivity contribution >= 4 is 5.69 Å². The molecule has 1 rings (SSSR count). The lowest BCUT2D eigenvalue weighted by Gasteiger charge is -2.02. The topological polar surface area (TPSA) is 59.6 Å². The minimum atomic E-state index is 0.00169. The number of anilines is 1. The van der Waals surface area contributed by atoms with Crippen LogP contribution >= 0.6 is 0 Å². The molecule has 0 saturated heterocycles. The summed E-state index contributed by atoms with van der Waals surface area (Å²) in [4.78, 5) is 0. The Morgan fingerprint density at radius 1 is 1.27 bits per heavy atom. The Labute approximate surface area is 88.3 Å². The molecule has 0 atom stereocenters. The molecule has 0 radical (unpaired) electrons. The summed E-state index contributed by atoms with van der Waals surface area (Å²) in [7, 11) is 0. The number of nitrogens with one attached hydrogen (secondary N) is 1. The fraction of sp³-hybridized carbons (Fsp3) is 0. The van der Waals surface area contributed by atoms with Crippen molar-refractivity contribution in [3.05, 3.63) is 41.6 Å². The first kappa shape index (κ1) is 10.4. The molecule has 1 aromatic carbocycles. The number of hydrogen-bond acceptors (Lipinski definition) is 3. The Morgan fingerprint density at radius 2 is 1.93 bits per heavy atom. The van der Waals surface area contributed by atoms with Gasteiger partial charge in [0, 0.05) is 11.8 Å². The number of benzene rings is 1. The Hall–Kier alpha value is -2.70. The van der Waals surface area contributed by atoms with Gasteiger partial charge in [0.15, 0.2) is 0 Å². The van der Waals surface area contributed by atoms with Crippen LogP contribution in [0.2, 0.25) is 0 Å². The van der Waals surface area contributed by atoms with E-state index in [1.54, 1.807) is 24.3 Å². The second-order valence-electron chi connectivity index (χ2n) is 2.62. The first-order valence-electron chi connectivity index (χ1n) is 4.14. The maximum absolute atomic E-state index is 8.51. The number of nitriles is 2. The van der Waals surface area contributed by atoms with E-state index in [0.29, 0.717) is 11.3 Å². The maximum atomic E-state index is 8.51. The zero-order chi connectivity index (χ0) is 11.1. The second-order valence-corrected chi connectivity index (χ2v) is 2.62. The molecular formula is C12H7N3. The van der Waals surface area contributed by atoms with Crippen LogP contribution in [-0.4, -0.2) is 0 Å². The third-order valence-electron chi connectivity index (χ3n) is 1.70. The largest absolute Gasteiger partial charge is 0.359 e. The van der Waals surface area contributed by atoms with Crippen molar-refractivity contribution in [3.63, 3.8) is 0 Å². The smallest absolute Gasteiger partial charge is 0.145 e. The average molecular weight is 193 g/mol. The molecule has 70 valence electrons. The van der Waals surface area contributed by atoms with Crippen molar-refractivity contribution in [3.8, 4) is 24.5 Å². The molecule has 0 amide bonds. The molecular weight excluding hydrogens is 186 g/mol. The molecule has 0 fully saturated rings. The number of para-hydroxylation sites is 1. The van der Waals surface area contributed by atoms with Crippen LogP contribution in [0, 0.1) is 35.0 Å². The van der Waals surface area contributed by atoms with E-state index in [2.05, 4.69) is 11.2 Å². The van der Waals surface area contributed by atoms with Gasteiger partial charge in [-0.2, -0.15) is 10.5 Å². The van der Waals surface area contributed by atoms with Gasteiger partial charge in [-0.25, -0.2) is 0 Å². The van der Waals surface area contributed by atoms with Crippen LogP contribution in [0.1, 0.15) is 5.56 Å². The number of terminal acetylenes is 1. The predicted molar refractivity (Wildman–Crippen MR) is 57.3 cm³/mol. The Bertz CT molecular complexity index is 491. The van der Waals surface area contributed by atoms with Crippen LogP contribution in [0.4, 0.5) is 5.69 Å². The van der Waals surface area contributed by atoms with Gasteiger partial charge in [-0.1, -0.05) is 18.1 Å². The maximum Gasteiger partial charge on any atom is 0.145 e. The number of nitrogens with zero attached hydrogens (tertiary/aromatic N) is 2. The summed E-state index contributed by atoms with van der Waals surface area (Å²) >= 11 is 0. The summed E-state index contributed by atoms with van der Waals surface area (Å²) in [5, 5.41) is 19.8. The molecule has 1 N–H and O–H groups in total. The first-order chi connectivity index (χ1) is 7.31. The van der Waals surface area contributed by atoms with Gasteiger partial charge in [0.05, 0.1) is 5.69 Å². The zero-order valence-corrected chi connectivity index (χ0v) is 7.86. The Kier molecular flexibility index (Phi) is 3.54. The lowest BCUT2D eigenvalue weighted by Crippen LogP contribution is -1.92. The fourth-order valence-corrected chi connectivity index (χ4v) is 0.974. The van der Waals surface area contributed by atoms with Gasteiger partial charge < -0.3 is 5.32 Å². The highest BCUT2D eigenvalue weighted by molar-refractivity contribution is 5.60. The van der Waals surface area contributed by atoms with Gasteiger partial charge in [0.1, 0.15) is 17.7 Å². The van der Waals surface area contributed by atoms with Crippen LogP contribution in [-0.2, 0) is 0 Å². The zero-order valence-electron chi connectivity index (χ0n) is 7.86. The first-order valence-corrected chi connectivity index (χ1v) is 4.14. The molecule has 3 nitrogen and oxygen atoms in total. The minimum Gasteiger partial charge on any atom is -0.359 e. The molecule has 0 aromatic heterocycles. The van der Waals surface area contributed by atoms with E-state index in [-0.39, 0.29) is 5.57 Å². The molecule has 0 saturated carbocycles. The predicted octanol–water partition coefficient (Wildman–Crippen LogP) is 2.01. The molecule has 1 aromatic rings. The summed E-state index contributed by atoms with van der Waals surface area (Å²) in [5.41, 5.74) is 1.38. The van der Waals surface area contributed by atoms with E-state index >= 15 is 0 Å². The molecule has 0 unspecified atom stereocenters. The van der Waals surface area contributed by atoms with Crippen LogP contribution in [0.25, 0.3) is 0 Å². The van der Waals surface area contributed by atoms with Crippen molar-refractivity contribution in [1.82, 2.24) is 0 Å². The SMILES string of the molecule is C#Cc1ccccc1NC=C(C#N)C#N. The van der Waals surface area contributed by atoms with E-state index in [9.17, 15) is 0 Å². The molecule has 0 heterocycles. The van der Waals surface area contributed by atoms with Crippen LogP contribution in [0.15, 0.2) is 36.0 Å². The van der Waals surface area contributed by atoms with Gasteiger partial charge in [0.25, 0.3) is 0 Å². The Morgan fingerprint density at radius 3 is 2.53 bits per heavy atom. The lowest BCUT2D eigenvalue weighted by atomic mass is 10.2. The third kappa shape index (κ3) is 2.62. The van der Waals surface area contributed by atoms with Gasteiger partial charge in [0.2, 0.25) is 0 Å². The summed E-state index contributed by atoms with van der Waals surface area (Å²) in [5.74, 6) is 2.50. The summed E-state index contributed by atoms with van der Waals surface area (Å²) < 4.78 is 0. The van der Waals surface area contributed by atoms with Gasteiger partial charge >= 0.3 is 0 Å². The van der Waals surface area contributed by atoms with Crippen LogP contribution < -0.4 is 5.32 Å². The van der Waals surface area contributed by atoms with Crippen LogP contribution in [0.3, 0.4) is 0 Å². The highest BCUT2D eigenvalue weighted by Gasteiger charge is 1.96. The quantitative estimate of drug-likeness (QED) is 0.577. The van der Waals surface area contributed by atoms with Crippen molar-refractivity contribution in [2.75, 3.05) is 5.32 Å². The summed E-state index contributed by atoms with van der Waals surface area (Å²) in [6, 6.07) is 10.7. The molecule has 3 heteroatoms. The fourth-order valence-electron chi connectivity index (χ4n) is 0.974. The Balaban J connectivity index is 2.94. The third-order valence-corrected chi connectivity index (χ3v) is 1.70. The van der Waals surface area contributed by atoms with Gasteiger partial charge in [-0.3, -0.25) is 0 Å². The minimum absolute atomic E-state index is 0.00169. The summed E-state index contributed by atoms with van der Waals surface area (Å²) in [6.45, 7) is 0. The normalized spacial score (nSPS) is 7.80.